The molecule has 4 atom stereocenters. The van der Waals surface area contributed by atoms with Crippen LogP contribution < -0.4 is 16.0 Å². The lowest BCUT2D eigenvalue weighted by atomic mass is 9.85. The van der Waals surface area contributed by atoms with Gasteiger partial charge in [-0.25, -0.2) is 4.98 Å². The summed E-state index contributed by atoms with van der Waals surface area (Å²) in [5, 5.41) is 19.0. The first kappa shape index (κ1) is 32.8. The van der Waals surface area contributed by atoms with E-state index < -0.39 is 41.5 Å². The van der Waals surface area contributed by atoms with Crippen LogP contribution in [0.15, 0.2) is 60.1 Å². The summed E-state index contributed by atoms with van der Waals surface area (Å²) in [7, 11) is 0. The van der Waals surface area contributed by atoms with Crippen LogP contribution in [0.25, 0.3) is 10.4 Å². The molecule has 11 heteroatoms. The Bertz CT molecular complexity index is 1470. The highest BCUT2D eigenvalue weighted by atomic mass is 32.1. The number of hydrogen-bond acceptors (Lipinski definition) is 7. The molecule has 2 aromatic carbocycles. The van der Waals surface area contributed by atoms with E-state index in [1.54, 1.807) is 11.3 Å². The summed E-state index contributed by atoms with van der Waals surface area (Å²) in [6.45, 7) is 8.99. The third-order valence-corrected chi connectivity index (χ3v) is 8.65. The molecule has 234 valence electrons. The number of likely N-dealkylation sites (tertiary alicyclic amines) is 1. The average molecular weight is 620 g/mol. The zero-order chi connectivity index (χ0) is 32.0. The largest absolute Gasteiger partial charge is 0.391 e. The lowest BCUT2D eigenvalue weighted by Gasteiger charge is -2.36. The number of hydrogen-bond donors (Lipinski definition) is 4. The van der Waals surface area contributed by atoms with Crippen LogP contribution in [0.5, 0.6) is 0 Å². The number of benzene rings is 2. The summed E-state index contributed by atoms with van der Waals surface area (Å²) in [5.74, 6) is -1.72. The molecule has 0 bridgehead atoms. The van der Waals surface area contributed by atoms with E-state index in [-0.39, 0.29) is 37.7 Å². The zero-order valence-corrected chi connectivity index (χ0v) is 26.6. The zero-order valence-electron chi connectivity index (χ0n) is 25.8. The number of carbonyl (C=O) groups excluding carboxylic acids is 4. The van der Waals surface area contributed by atoms with Crippen molar-refractivity contribution in [3.05, 3.63) is 76.9 Å². The van der Waals surface area contributed by atoms with Crippen LogP contribution in [0.1, 0.15) is 50.9 Å². The van der Waals surface area contributed by atoms with E-state index in [2.05, 4.69) is 20.9 Å². The van der Waals surface area contributed by atoms with E-state index in [0.29, 0.717) is 0 Å². The summed E-state index contributed by atoms with van der Waals surface area (Å²) >= 11 is 1.57. The normalized spacial score (nSPS) is 17.9. The molecule has 1 fully saturated rings. The van der Waals surface area contributed by atoms with Gasteiger partial charge in [-0.15, -0.1) is 11.3 Å². The van der Waals surface area contributed by atoms with Gasteiger partial charge in [0, 0.05) is 32.9 Å². The third-order valence-electron chi connectivity index (χ3n) is 7.67. The number of nitrogens with zero attached hydrogens (tertiary/aromatic N) is 2. The Morgan fingerprint density at radius 3 is 2.30 bits per heavy atom. The molecule has 0 saturated carbocycles. The van der Waals surface area contributed by atoms with E-state index in [9.17, 15) is 24.3 Å². The van der Waals surface area contributed by atoms with Crippen molar-refractivity contribution in [3.63, 3.8) is 0 Å². The SMILES string of the molecule is CC(=O)N[C@@H](Cc1ccccc1)C(=O)N[C@H](C(=O)N1C[C@H](O)C[C@H]1C(=O)NCc1ccc(-c2scnc2C)cc1)C(C)(C)C. The molecule has 4 N–H and O–H groups in total. The molecule has 44 heavy (non-hydrogen) atoms. The number of nitrogens with one attached hydrogen (secondary N) is 3. The number of amides is 4. The van der Waals surface area contributed by atoms with Gasteiger partial charge in [0.15, 0.2) is 0 Å². The molecule has 3 aromatic rings. The maximum absolute atomic E-state index is 14.0. The fourth-order valence-electron chi connectivity index (χ4n) is 5.33. The van der Waals surface area contributed by atoms with Crippen LogP contribution in [-0.4, -0.2) is 69.4 Å². The van der Waals surface area contributed by atoms with Gasteiger partial charge in [-0.1, -0.05) is 75.4 Å². The standard InChI is InChI=1S/C33H41N5O5S/c1-20-28(44-19-35-20)24-13-11-23(12-14-24)17-34-31(42)27-16-25(40)18-38(27)32(43)29(33(3,4)5)37-30(41)26(36-21(2)39)15-22-9-7-6-8-10-22/h6-14,19,25-27,29,40H,15-18H2,1-5H3,(H,34,42)(H,36,39)(H,37,41)/t25-,26+,27+,29-/m1/s1. The van der Waals surface area contributed by atoms with Crippen molar-refractivity contribution in [2.45, 2.75) is 78.2 Å². The Morgan fingerprint density at radius 2 is 1.70 bits per heavy atom. The number of rotatable bonds is 10. The first-order chi connectivity index (χ1) is 20.8. The van der Waals surface area contributed by atoms with Crippen LogP contribution >= 0.6 is 11.3 Å². The van der Waals surface area contributed by atoms with Gasteiger partial charge >= 0.3 is 0 Å². The minimum Gasteiger partial charge on any atom is -0.391 e. The van der Waals surface area contributed by atoms with E-state index in [4.69, 9.17) is 0 Å². The minimum atomic E-state index is -1.01. The monoisotopic (exact) mass is 619 g/mol. The molecule has 0 radical (unpaired) electrons. The molecule has 10 nitrogen and oxygen atoms in total. The summed E-state index contributed by atoms with van der Waals surface area (Å²) in [4.78, 5) is 59.5. The highest BCUT2D eigenvalue weighted by Crippen LogP contribution is 2.28. The van der Waals surface area contributed by atoms with Crippen LogP contribution in [0, 0.1) is 12.3 Å². The topological polar surface area (TPSA) is 141 Å². The van der Waals surface area contributed by atoms with Crippen molar-refractivity contribution in [3.8, 4) is 10.4 Å². The smallest absolute Gasteiger partial charge is 0.246 e. The van der Waals surface area contributed by atoms with E-state index in [0.717, 1.165) is 27.3 Å². The van der Waals surface area contributed by atoms with Gasteiger partial charge in [-0.05, 0) is 29.0 Å². The van der Waals surface area contributed by atoms with Crippen molar-refractivity contribution < 1.29 is 24.3 Å². The van der Waals surface area contributed by atoms with Gasteiger partial charge in [0.1, 0.15) is 18.1 Å². The lowest BCUT2D eigenvalue weighted by Crippen LogP contribution is -2.60. The van der Waals surface area contributed by atoms with Crippen molar-refractivity contribution in [1.29, 1.82) is 0 Å². The number of β-amino-alcohol motifs (C(OH)–C–C–N with tert-alkyl or cyclic N) is 1. The second-order valence-corrected chi connectivity index (χ2v) is 13.2. The van der Waals surface area contributed by atoms with Crippen molar-refractivity contribution in [2.75, 3.05) is 6.54 Å². The summed E-state index contributed by atoms with van der Waals surface area (Å²) in [5.41, 5.74) is 4.84. The number of aryl methyl sites for hydroxylation is 1. The molecule has 1 aliphatic heterocycles. The molecule has 0 spiro atoms. The van der Waals surface area contributed by atoms with Crippen LogP contribution in [0.3, 0.4) is 0 Å². The number of aliphatic hydroxyl groups is 1. The average Bonchev–Trinajstić information content (AvgIpc) is 3.59. The highest BCUT2D eigenvalue weighted by Gasteiger charge is 2.45. The Hall–Kier alpha value is -4.09. The van der Waals surface area contributed by atoms with Crippen molar-refractivity contribution in [2.24, 2.45) is 5.41 Å². The second kappa shape index (κ2) is 14.1. The maximum atomic E-state index is 14.0. The van der Waals surface area contributed by atoms with Crippen LogP contribution in [-0.2, 0) is 32.1 Å². The van der Waals surface area contributed by atoms with Gasteiger partial charge in [0.25, 0.3) is 0 Å². The Balaban J connectivity index is 1.45. The highest BCUT2D eigenvalue weighted by molar-refractivity contribution is 7.13. The van der Waals surface area contributed by atoms with E-state index >= 15 is 0 Å². The molecule has 0 aliphatic carbocycles. The van der Waals surface area contributed by atoms with Gasteiger partial charge < -0.3 is 26.0 Å². The molecule has 2 heterocycles. The molecule has 1 aromatic heterocycles. The minimum absolute atomic E-state index is 0.0264. The van der Waals surface area contributed by atoms with E-state index in [1.165, 1.54) is 11.8 Å². The Labute approximate surface area is 262 Å². The molecule has 0 unspecified atom stereocenters. The number of carbonyl (C=O) groups is 4. The summed E-state index contributed by atoms with van der Waals surface area (Å²) in [6, 6.07) is 14.3. The molecule has 1 saturated heterocycles. The molecular formula is C33H41N5O5S. The van der Waals surface area contributed by atoms with Crippen LogP contribution in [0.2, 0.25) is 0 Å². The third kappa shape index (κ3) is 8.29. The Kier molecular flexibility index (Phi) is 10.5. The van der Waals surface area contributed by atoms with E-state index in [1.807, 2.05) is 87.8 Å². The lowest BCUT2D eigenvalue weighted by molar-refractivity contribution is -0.144. The van der Waals surface area contributed by atoms with Gasteiger partial charge in [0.2, 0.25) is 23.6 Å². The first-order valence-corrected chi connectivity index (χ1v) is 15.6. The predicted molar refractivity (Wildman–Crippen MR) is 169 cm³/mol. The molecule has 4 rings (SSSR count). The van der Waals surface area contributed by atoms with Gasteiger partial charge in [0.05, 0.1) is 22.2 Å². The molecular weight excluding hydrogens is 578 g/mol. The van der Waals surface area contributed by atoms with Crippen LogP contribution in [0.4, 0.5) is 0 Å². The maximum Gasteiger partial charge on any atom is 0.246 e. The first-order valence-electron chi connectivity index (χ1n) is 14.7. The second-order valence-electron chi connectivity index (χ2n) is 12.3. The summed E-state index contributed by atoms with van der Waals surface area (Å²) < 4.78 is 0. The van der Waals surface area contributed by atoms with Gasteiger partial charge in [-0.3, -0.25) is 19.2 Å². The number of aliphatic hydroxyl groups excluding tert-OH is 1. The quantitative estimate of drug-likeness (QED) is 0.275. The van der Waals surface area contributed by atoms with Crippen molar-refractivity contribution >= 4 is 35.0 Å². The van der Waals surface area contributed by atoms with Gasteiger partial charge in [-0.2, -0.15) is 0 Å². The number of aromatic nitrogens is 1. The Morgan fingerprint density at radius 1 is 1.02 bits per heavy atom. The summed E-state index contributed by atoms with van der Waals surface area (Å²) in [6.07, 6.45) is -0.539. The fourth-order valence-corrected chi connectivity index (χ4v) is 6.14. The predicted octanol–water partition coefficient (Wildman–Crippen LogP) is 2.97. The number of thiazole rings is 1. The molecule has 1 aliphatic rings. The fraction of sp³-hybridized carbons (Fsp3) is 0.424. The molecule has 4 amide bonds. The van der Waals surface area contributed by atoms with Crippen molar-refractivity contribution in [1.82, 2.24) is 25.8 Å².